The van der Waals surface area contributed by atoms with E-state index in [2.05, 4.69) is 50.9 Å². The number of H-pyrrole nitrogens is 1. The van der Waals surface area contributed by atoms with Gasteiger partial charge in [-0.05, 0) is 34.9 Å². The lowest BCUT2D eigenvalue weighted by Gasteiger charge is -2.26. The van der Waals surface area contributed by atoms with Crippen LogP contribution in [0, 0.1) is 0 Å². The maximum Gasteiger partial charge on any atom is 0.225 e. The lowest BCUT2D eigenvalue weighted by atomic mass is 9.83. The smallest absolute Gasteiger partial charge is 0.225 e. The molecule has 128 valence electrons. The second-order valence-electron chi connectivity index (χ2n) is 6.65. The van der Waals surface area contributed by atoms with E-state index in [9.17, 15) is 4.79 Å². The van der Waals surface area contributed by atoms with E-state index in [1.165, 1.54) is 5.56 Å². The summed E-state index contributed by atoms with van der Waals surface area (Å²) in [6.45, 7) is 0.716. The van der Waals surface area contributed by atoms with E-state index in [-0.39, 0.29) is 11.8 Å². The highest BCUT2D eigenvalue weighted by atomic mass is 16.1. The van der Waals surface area contributed by atoms with Crippen LogP contribution in [-0.2, 0) is 11.3 Å². The van der Waals surface area contributed by atoms with E-state index >= 15 is 0 Å². The minimum Gasteiger partial charge on any atom is -0.326 e. The molecule has 4 aromatic rings. The number of carbonyl (C=O) groups is 1. The van der Waals surface area contributed by atoms with Gasteiger partial charge in [0, 0.05) is 35.8 Å². The van der Waals surface area contributed by atoms with Crippen LogP contribution in [0.1, 0.15) is 29.0 Å². The van der Waals surface area contributed by atoms with Crippen molar-refractivity contribution >= 4 is 22.5 Å². The molecule has 1 amide bonds. The molecule has 2 N–H and O–H groups in total. The van der Waals surface area contributed by atoms with Crippen LogP contribution in [0.25, 0.3) is 10.9 Å². The Morgan fingerprint density at radius 3 is 3.04 bits per heavy atom. The first-order chi connectivity index (χ1) is 12.8. The monoisotopic (exact) mass is 343 g/mol. The molecule has 0 radical (unpaired) electrons. The quantitative estimate of drug-likeness (QED) is 0.599. The number of carbonyl (C=O) groups excluding carboxylic acids is 1. The Morgan fingerprint density at radius 2 is 2.15 bits per heavy atom. The Labute approximate surface area is 149 Å². The van der Waals surface area contributed by atoms with Gasteiger partial charge in [-0.2, -0.15) is 10.2 Å². The van der Waals surface area contributed by atoms with Crippen molar-refractivity contribution in [1.29, 1.82) is 0 Å². The first-order valence-electron chi connectivity index (χ1n) is 8.59. The number of fused-ring (bicyclic) bond motifs is 2. The highest BCUT2D eigenvalue weighted by Crippen LogP contribution is 2.39. The van der Waals surface area contributed by atoms with Crippen LogP contribution in [0.4, 0.5) is 5.69 Å². The highest BCUT2D eigenvalue weighted by molar-refractivity contribution is 5.98. The molecule has 0 fully saturated rings. The Morgan fingerprint density at radius 1 is 1.19 bits per heavy atom. The zero-order chi connectivity index (χ0) is 17.5. The Balaban J connectivity index is 1.57. The lowest BCUT2D eigenvalue weighted by Crippen LogP contribution is -2.23. The fourth-order valence-electron chi connectivity index (χ4n) is 3.69. The number of benzene rings is 2. The summed E-state index contributed by atoms with van der Waals surface area (Å²) in [6.07, 6.45) is 5.99. The number of rotatable bonds is 3. The predicted molar refractivity (Wildman–Crippen MR) is 99.0 cm³/mol. The summed E-state index contributed by atoms with van der Waals surface area (Å²) in [6, 6.07) is 14.4. The summed E-state index contributed by atoms with van der Waals surface area (Å²) < 4.78 is 1.90. The first-order valence-corrected chi connectivity index (χ1v) is 8.59. The Hall–Kier alpha value is -3.41. The SMILES string of the molecule is O=C1C[C@@H](c2cccc(Cn3cccn3)c2)c2cc3cn[nH]c3cc2N1. The van der Waals surface area contributed by atoms with Crippen LogP contribution in [0.2, 0.25) is 0 Å². The second kappa shape index (κ2) is 5.84. The molecule has 1 aliphatic rings. The van der Waals surface area contributed by atoms with Crippen molar-refractivity contribution in [3.05, 3.63) is 77.7 Å². The minimum absolute atomic E-state index is 0.0376. The maximum atomic E-state index is 12.3. The molecule has 6 heteroatoms. The zero-order valence-electron chi connectivity index (χ0n) is 14.0. The van der Waals surface area contributed by atoms with Crippen LogP contribution in [0.3, 0.4) is 0 Å². The standard InChI is InChI=1S/C20H17N5O/c26-20-9-16(17-8-15-11-21-24-18(15)10-19(17)23-20)14-4-1-3-13(7-14)12-25-6-2-5-22-25/h1-8,10-11,16H,9,12H2,(H,21,24)(H,23,26)/t16-/m0/s1. The number of aromatic amines is 1. The van der Waals surface area contributed by atoms with E-state index in [4.69, 9.17) is 0 Å². The van der Waals surface area contributed by atoms with Crippen molar-refractivity contribution in [2.24, 2.45) is 0 Å². The van der Waals surface area contributed by atoms with Gasteiger partial charge in [0.25, 0.3) is 0 Å². The molecule has 0 unspecified atom stereocenters. The first kappa shape index (κ1) is 14.9. The summed E-state index contributed by atoms with van der Waals surface area (Å²) in [4.78, 5) is 12.3. The Kier molecular flexibility index (Phi) is 3.35. The van der Waals surface area contributed by atoms with Crippen molar-refractivity contribution in [2.75, 3.05) is 5.32 Å². The summed E-state index contributed by atoms with van der Waals surface area (Å²) in [7, 11) is 0. The lowest BCUT2D eigenvalue weighted by molar-refractivity contribution is -0.116. The summed E-state index contributed by atoms with van der Waals surface area (Å²) in [5.74, 6) is 0.0782. The Bertz CT molecular complexity index is 1100. The van der Waals surface area contributed by atoms with Crippen molar-refractivity contribution in [3.8, 4) is 0 Å². The van der Waals surface area contributed by atoms with Gasteiger partial charge < -0.3 is 5.32 Å². The number of amides is 1. The number of hydrogen-bond acceptors (Lipinski definition) is 3. The van der Waals surface area contributed by atoms with E-state index in [1.807, 2.05) is 29.2 Å². The molecule has 0 spiro atoms. The fraction of sp³-hybridized carbons (Fsp3) is 0.150. The van der Waals surface area contributed by atoms with Gasteiger partial charge in [0.1, 0.15) is 0 Å². The molecule has 2 aromatic heterocycles. The molecule has 0 saturated carbocycles. The van der Waals surface area contributed by atoms with E-state index < -0.39 is 0 Å². The fourth-order valence-corrected chi connectivity index (χ4v) is 3.69. The molecule has 0 saturated heterocycles. The molecule has 6 nitrogen and oxygen atoms in total. The molecule has 3 heterocycles. The molecule has 26 heavy (non-hydrogen) atoms. The summed E-state index contributed by atoms with van der Waals surface area (Å²) in [5.41, 5.74) is 5.24. The number of aromatic nitrogens is 4. The largest absolute Gasteiger partial charge is 0.326 e. The van der Waals surface area contributed by atoms with Gasteiger partial charge in [-0.25, -0.2) is 0 Å². The maximum absolute atomic E-state index is 12.3. The third kappa shape index (κ3) is 2.56. The second-order valence-corrected chi connectivity index (χ2v) is 6.65. The molecule has 1 aliphatic heterocycles. The minimum atomic E-state index is 0.0376. The van der Waals surface area contributed by atoms with Crippen LogP contribution in [-0.4, -0.2) is 25.9 Å². The van der Waals surface area contributed by atoms with Gasteiger partial charge in [0.2, 0.25) is 5.91 Å². The summed E-state index contributed by atoms with van der Waals surface area (Å²) in [5, 5.41) is 15.4. The zero-order valence-corrected chi connectivity index (χ0v) is 14.0. The number of nitrogens with one attached hydrogen (secondary N) is 2. The van der Waals surface area contributed by atoms with Gasteiger partial charge in [-0.15, -0.1) is 0 Å². The third-order valence-electron chi connectivity index (χ3n) is 4.91. The molecule has 0 bridgehead atoms. The molecule has 2 aromatic carbocycles. The summed E-state index contributed by atoms with van der Waals surface area (Å²) >= 11 is 0. The average Bonchev–Trinajstić information content (AvgIpc) is 3.31. The van der Waals surface area contributed by atoms with Crippen molar-refractivity contribution in [3.63, 3.8) is 0 Å². The number of anilines is 1. The molecule has 5 rings (SSSR count). The van der Waals surface area contributed by atoms with E-state index in [0.29, 0.717) is 13.0 Å². The van der Waals surface area contributed by atoms with Crippen LogP contribution < -0.4 is 5.32 Å². The molecular formula is C20H17N5O. The van der Waals surface area contributed by atoms with Crippen molar-refractivity contribution in [1.82, 2.24) is 20.0 Å². The van der Waals surface area contributed by atoms with Gasteiger partial charge in [-0.1, -0.05) is 24.3 Å². The van der Waals surface area contributed by atoms with Gasteiger partial charge >= 0.3 is 0 Å². The predicted octanol–water partition coefficient (Wildman–Crippen LogP) is 3.28. The van der Waals surface area contributed by atoms with E-state index in [0.717, 1.165) is 27.7 Å². The van der Waals surface area contributed by atoms with Crippen LogP contribution >= 0.6 is 0 Å². The highest BCUT2D eigenvalue weighted by Gasteiger charge is 2.27. The van der Waals surface area contributed by atoms with Crippen LogP contribution in [0.5, 0.6) is 0 Å². The molecule has 1 atom stereocenters. The normalized spacial score (nSPS) is 16.5. The number of nitrogens with zero attached hydrogens (tertiary/aromatic N) is 3. The van der Waals surface area contributed by atoms with E-state index in [1.54, 1.807) is 6.20 Å². The van der Waals surface area contributed by atoms with Crippen molar-refractivity contribution in [2.45, 2.75) is 18.9 Å². The van der Waals surface area contributed by atoms with Crippen molar-refractivity contribution < 1.29 is 4.79 Å². The molecular weight excluding hydrogens is 326 g/mol. The topological polar surface area (TPSA) is 75.6 Å². The van der Waals surface area contributed by atoms with Gasteiger partial charge in [0.05, 0.1) is 18.3 Å². The third-order valence-corrected chi connectivity index (χ3v) is 4.91. The number of hydrogen-bond donors (Lipinski definition) is 2. The van der Waals surface area contributed by atoms with Crippen LogP contribution in [0.15, 0.2) is 61.1 Å². The van der Waals surface area contributed by atoms with Gasteiger partial charge in [0.15, 0.2) is 0 Å². The molecule has 0 aliphatic carbocycles. The van der Waals surface area contributed by atoms with Gasteiger partial charge in [-0.3, -0.25) is 14.6 Å². The average molecular weight is 343 g/mol.